The zero-order chi connectivity index (χ0) is 19.1. The molecule has 0 N–H and O–H groups in total. The minimum atomic E-state index is -4.93. The van der Waals surface area contributed by atoms with Gasteiger partial charge in [-0.25, -0.2) is 8.42 Å². The Morgan fingerprint density at radius 2 is 1.88 bits per heavy atom. The molecule has 1 aromatic carbocycles. The molecule has 2 aliphatic heterocycles. The van der Waals surface area contributed by atoms with Crippen molar-refractivity contribution in [3.8, 4) is 0 Å². The third-order valence-electron chi connectivity index (χ3n) is 5.07. The lowest BCUT2D eigenvalue weighted by molar-refractivity contribution is -0.186. The van der Waals surface area contributed by atoms with Crippen LogP contribution in [0.5, 0.6) is 0 Å². The molecule has 1 aromatic rings. The minimum Gasteiger partial charge on any atom is -0.330 e. The van der Waals surface area contributed by atoms with Crippen molar-refractivity contribution in [1.82, 2.24) is 9.21 Å². The zero-order valence-corrected chi connectivity index (χ0v) is 15.2. The van der Waals surface area contributed by atoms with Gasteiger partial charge in [-0.1, -0.05) is 12.5 Å². The van der Waals surface area contributed by atoms with Gasteiger partial charge in [0.15, 0.2) is 0 Å². The summed E-state index contributed by atoms with van der Waals surface area (Å²) in [7, 11) is -3.70. The average molecular weight is 390 g/mol. The molecule has 2 aliphatic rings. The van der Waals surface area contributed by atoms with Crippen molar-refractivity contribution in [2.24, 2.45) is 0 Å². The van der Waals surface area contributed by atoms with Gasteiger partial charge in [-0.3, -0.25) is 4.79 Å². The Morgan fingerprint density at radius 1 is 1.15 bits per heavy atom. The number of hydrogen-bond donors (Lipinski definition) is 0. The quantitative estimate of drug-likeness (QED) is 0.780. The van der Waals surface area contributed by atoms with E-state index in [-0.39, 0.29) is 30.4 Å². The number of halogens is 3. The molecule has 0 saturated carbocycles. The van der Waals surface area contributed by atoms with Crippen molar-refractivity contribution < 1.29 is 26.4 Å². The number of benzene rings is 1. The van der Waals surface area contributed by atoms with Gasteiger partial charge in [-0.15, -0.1) is 0 Å². The maximum atomic E-state index is 12.9. The largest absolute Gasteiger partial charge is 0.471 e. The van der Waals surface area contributed by atoms with Crippen molar-refractivity contribution in [3.63, 3.8) is 0 Å². The number of carbonyl (C=O) groups excluding carboxylic acids is 1. The Balaban J connectivity index is 1.88. The molecule has 0 aliphatic carbocycles. The Bertz CT molecular complexity index is 808. The smallest absolute Gasteiger partial charge is 0.330 e. The fraction of sp³-hybridized carbons (Fsp3) is 0.588. The van der Waals surface area contributed by atoms with Crippen LogP contribution in [0.25, 0.3) is 0 Å². The molecule has 1 atom stereocenters. The minimum absolute atomic E-state index is 0.0272. The van der Waals surface area contributed by atoms with Crippen LogP contribution in [0.3, 0.4) is 0 Å². The predicted octanol–water partition coefficient (Wildman–Crippen LogP) is 2.70. The number of piperidine rings is 1. The number of rotatable bonds is 2. The molecule has 1 amide bonds. The second-order valence-corrected chi connectivity index (χ2v) is 8.76. The lowest BCUT2D eigenvalue weighted by Crippen LogP contribution is -2.44. The van der Waals surface area contributed by atoms with Gasteiger partial charge in [-0.2, -0.15) is 17.5 Å². The number of fused-ring (bicyclic) bond motifs is 1. The topological polar surface area (TPSA) is 57.7 Å². The van der Waals surface area contributed by atoms with Crippen LogP contribution < -0.4 is 0 Å². The molecule has 2 heterocycles. The van der Waals surface area contributed by atoms with Crippen molar-refractivity contribution in [3.05, 3.63) is 29.3 Å². The molecule has 5 nitrogen and oxygen atoms in total. The van der Waals surface area contributed by atoms with E-state index in [1.165, 1.54) is 16.4 Å². The van der Waals surface area contributed by atoms with Crippen LogP contribution in [0.1, 0.15) is 37.3 Å². The molecule has 0 bridgehead atoms. The van der Waals surface area contributed by atoms with Gasteiger partial charge in [-0.05, 0) is 49.4 Å². The normalized spacial score (nSPS) is 22.2. The van der Waals surface area contributed by atoms with Gasteiger partial charge in [0.05, 0.1) is 4.90 Å². The first-order valence-corrected chi connectivity index (χ1v) is 10.0. The maximum Gasteiger partial charge on any atom is 0.471 e. The van der Waals surface area contributed by atoms with E-state index in [1.807, 2.05) is 6.92 Å². The number of sulfonamides is 1. The Hall–Kier alpha value is -1.61. The first-order valence-electron chi connectivity index (χ1n) is 8.60. The van der Waals surface area contributed by atoms with E-state index in [0.29, 0.717) is 12.1 Å². The molecule has 0 aromatic heterocycles. The monoisotopic (exact) mass is 390 g/mol. The van der Waals surface area contributed by atoms with Crippen molar-refractivity contribution in [2.75, 3.05) is 13.1 Å². The van der Waals surface area contributed by atoms with Crippen LogP contribution >= 0.6 is 0 Å². The number of nitrogens with zero attached hydrogens (tertiary/aromatic N) is 2. The van der Waals surface area contributed by atoms with Gasteiger partial charge in [0.1, 0.15) is 0 Å². The average Bonchev–Trinajstić information content (AvgIpc) is 2.59. The standard InChI is InChI=1S/C17H21F3N2O3S/c1-12-4-2-3-8-22(12)26(24,25)15-6-5-13-7-9-21(11-14(13)10-15)16(23)17(18,19)20/h5-6,10,12H,2-4,7-9,11H2,1H3. The number of amides is 1. The summed E-state index contributed by atoms with van der Waals surface area (Å²) in [6.07, 6.45) is -2.09. The van der Waals surface area contributed by atoms with Gasteiger partial charge in [0.2, 0.25) is 10.0 Å². The third-order valence-corrected chi connectivity index (χ3v) is 7.08. The van der Waals surface area contributed by atoms with Gasteiger partial charge in [0.25, 0.3) is 0 Å². The third kappa shape index (κ3) is 3.59. The second-order valence-electron chi connectivity index (χ2n) is 6.87. The van der Waals surface area contributed by atoms with Gasteiger partial charge >= 0.3 is 12.1 Å². The van der Waals surface area contributed by atoms with Crippen molar-refractivity contribution in [1.29, 1.82) is 0 Å². The Labute approximate surface area is 150 Å². The summed E-state index contributed by atoms with van der Waals surface area (Å²) in [6, 6.07) is 4.47. The van der Waals surface area contributed by atoms with Crippen LogP contribution in [0.15, 0.2) is 23.1 Å². The van der Waals surface area contributed by atoms with E-state index in [0.717, 1.165) is 29.7 Å². The highest BCUT2D eigenvalue weighted by atomic mass is 32.2. The zero-order valence-electron chi connectivity index (χ0n) is 14.4. The molecule has 26 heavy (non-hydrogen) atoms. The SMILES string of the molecule is CC1CCCCN1S(=O)(=O)c1ccc2c(c1)CN(C(=O)C(F)(F)F)CC2. The van der Waals surface area contributed by atoms with Crippen LogP contribution in [-0.2, 0) is 27.8 Å². The molecular formula is C17H21F3N2O3S. The summed E-state index contributed by atoms with van der Waals surface area (Å²) < 4.78 is 65.3. The summed E-state index contributed by atoms with van der Waals surface area (Å²) >= 11 is 0. The number of carbonyl (C=O) groups is 1. The first kappa shape index (κ1) is 19.2. The lowest BCUT2D eigenvalue weighted by atomic mass is 10.00. The first-order chi connectivity index (χ1) is 12.1. The number of alkyl halides is 3. The van der Waals surface area contributed by atoms with Gasteiger partial charge in [0, 0.05) is 25.7 Å². The molecule has 1 saturated heterocycles. The fourth-order valence-corrected chi connectivity index (χ4v) is 5.36. The van der Waals surface area contributed by atoms with Crippen LogP contribution in [0.2, 0.25) is 0 Å². The molecule has 144 valence electrons. The maximum absolute atomic E-state index is 12.9. The van der Waals surface area contributed by atoms with E-state index in [2.05, 4.69) is 0 Å². The van der Waals surface area contributed by atoms with Crippen molar-refractivity contribution in [2.45, 2.75) is 56.3 Å². The Morgan fingerprint density at radius 3 is 2.54 bits per heavy atom. The van der Waals surface area contributed by atoms with Crippen molar-refractivity contribution >= 4 is 15.9 Å². The van der Waals surface area contributed by atoms with Gasteiger partial charge < -0.3 is 4.90 Å². The molecule has 0 spiro atoms. The molecule has 1 unspecified atom stereocenters. The summed E-state index contributed by atoms with van der Waals surface area (Å²) in [5, 5.41) is 0. The summed E-state index contributed by atoms with van der Waals surface area (Å²) in [4.78, 5) is 12.3. The highest BCUT2D eigenvalue weighted by Crippen LogP contribution is 2.29. The Kier molecular flexibility index (Phi) is 5.04. The highest BCUT2D eigenvalue weighted by Gasteiger charge is 2.43. The van der Waals surface area contributed by atoms with Crippen LogP contribution in [-0.4, -0.2) is 48.8 Å². The van der Waals surface area contributed by atoms with E-state index < -0.39 is 22.1 Å². The number of hydrogen-bond acceptors (Lipinski definition) is 3. The van der Waals surface area contributed by atoms with Crippen LogP contribution in [0.4, 0.5) is 13.2 Å². The van der Waals surface area contributed by atoms with E-state index in [4.69, 9.17) is 0 Å². The molecule has 0 radical (unpaired) electrons. The van der Waals surface area contributed by atoms with Crippen LogP contribution in [0, 0.1) is 0 Å². The molecular weight excluding hydrogens is 369 g/mol. The lowest BCUT2D eigenvalue weighted by Gasteiger charge is -2.33. The summed E-state index contributed by atoms with van der Waals surface area (Å²) in [5.74, 6) is -1.89. The highest BCUT2D eigenvalue weighted by molar-refractivity contribution is 7.89. The molecule has 9 heteroatoms. The summed E-state index contributed by atoms with van der Waals surface area (Å²) in [6.45, 7) is 2.05. The summed E-state index contributed by atoms with van der Waals surface area (Å²) in [5.41, 5.74) is 1.24. The predicted molar refractivity (Wildman–Crippen MR) is 88.8 cm³/mol. The van der Waals surface area contributed by atoms with E-state index in [9.17, 15) is 26.4 Å². The molecule has 3 rings (SSSR count). The molecule has 1 fully saturated rings. The van der Waals surface area contributed by atoms with E-state index >= 15 is 0 Å². The fourth-order valence-electron chi connectivity index (χ4n) is 3.61. The second kappa shape index (κ2) is 6.84. The van der Waals surface area contributed by atoms with E-state index in [1.54, 1.807) is 6.07 Å².